The molecule has 0 N–H and O–H groups in total. The minimum absolute atomic E-state index is 0. The molecule has 1 nitrogen and oxygen atoms in total. The van der Waals surface area contributed by atoms with Crippen molar-refractivity contribution in [3.63, 3.8) is 0 Å². The van der Waals surface area contributed by atoms with E-state index in [0.717, 1.165) is 0 Å². The Hall–Kier alpha value is -0.990. The number of rotatable bonds is 2. The summed E-state index contributed by atoms with van der Waals surface area (Å²) in [6.07, 6.45) is 5.84. The van der Waals surface area contributed by atoms with Crippen molar-refractivity contribution in [2.75, 3.05) is 6.26 Å². The van der Waals surface area contributed by atoms with Crippen LogP contribution in [0.3, 0.4) is 0 Å². The van der Waals surface area contributed by atoms with Crippen LogP contribution in [0.5, 0.6) is 0 Å². The van der Waals surface area contributed by atoms with Crippen molar-refractivity contribution in [3.05, 3.63) is 48.3 Å². The number of aromatic nitrogens is 1. The summed E-state index contributed by atoms with van der Waals surface area (Å²) in [5.74, 6) is 0. The van der Waals surface area contributed by atoms with Crippen LogP contribution in [0.25, 0.3) is 11.1 Å². The summed E-state index contributed by atoms with van der Waals surface area (Å²) < 4.78 is 0. The van der Waals surface area contributed by atoms with Crippen LogP contribution in [0.1, 0.15) is 5.56 Å². The zero-order valence-corrected chi connectivity index (χ0v) is 10.9. The summed E-state index contributed by atoms with van der Waals surface area (Å²) in [6, 6.07) is 10.7. The lowest BCUT2D eigenvalue weighted by Gasteiger charge is -2.06. The second-order valence-corrected chi connectivity index (χ2v) is 4.29. The van der Waals surface area contributed by atoms with Gasteiger partial charge in [-0.25, -0.2) is 0 Å². The van der Waals surface area contributed by atoms with Crippen LogP contribution in [0, 0.1) is 6.92 Å². The van der Waals surface area contributed by atoms with Crippen LogP contribution in [0.15, 0.2) is 47.6 Å². The van der Waals surface area contributed by atoms with E-state index < -0.39 is 0 Å². The van der Waals surface area contributed by atoms with Gasteiger partial charge in [-0.05, 0) is 30.4 Å². The van der Waals surface area contributed by atoms with Crippen molar-refractivity contribution in [3.8, 4) is 11.1 Å². The maximum Gasteiger partial charge on any atom is 0.0410 e. The molecule has 84 valence electrons. The van der Waals surface area contributed by atoms with Crippen LogP contribution in [0.4, 0.5) is 0 Å². The molecule has 0 aliphatic heterocycles. The van der Waals surface area contributed by atoms with Crippen LogP contribution in [-0.2, 0) is 0 Å². The topological polar surface area (TPSA) is 12.9 Å². The van der Waals surface area contributed by atoms with Crippen LogP contribution < -0.4 is 0 Å². The molecule has 0 spiro atoms. The number of hydrogen-bond donors (Lipinski definition) is 0. The molecule has 3 heteroatoms. The highest BCUT2D eigenvalue weighted by Gasteiger charge is 2.02. The lowest BCUT2D eigenvalue weighted by atomic mass is 10.1. The van der Waals surface area contributed by atoms with Gasteiger partial charge in [0.2, 0.25) is 0 Å². The highest BCUT2D eigenvalue weighted by Crippen LogP contribution is 2.29. The molecule has 0 radical (unpaired) electrons. The minimum atomic E-state index is 0. The van der Waals surface area contributed by atoms with Crippen molar-refractivity contribution in [1.82, 2.24) is 4.98 Å². The van der Waals surface area contributed by atoms with Gasteiger partial charge in [-0.2, -0.15) is 0 Å². The average Bonchev–Trinajstić information content (AvgIpc) is 2.30. The van der Waals surface area contributed by atoms with E-state index in [1.807, 2.05) is 12.4 Å². The van der Waals surface area contributed by atoms with Crippen molar-refractivity contribution in [2.45, 2.75) is 11.8 Å². The molecule has 0 saturated heterocycles. The zero-order chi connectivity index (χ0) is 10.7. The van der Waals surface area contributed by atoms with E-state index in [1.54, 1.807) is 11.8 Å². The number of benzene rings is 1. The lowest BCUT2D eigenvalue weighted by Crippen LogP contribution is -1.83. The van der Waals surface area contributed by atoms with Crippen LogP contribution >= 0.6 is 24.2 Å². The van der Waals surface area contributed by atoms with E-state index in [4.69, 9.17) is 0 Å². The van der Waals surface area contributed by atoms with Gasteiger partial charge in [0.15, 0.2) is 0 Å². The van der Waals surface area contributed by atoms with Gasteiger partial charge in [0.1, 0.15) is 0 Å². The maximum absolute atomic E-state index is 4.14. The van der Waals surface area contributed by atoms with Crippen molar-refractivity contribution < 1.29 is 0 Å². The van der Waals surface area contributed by atoms with E-state index >= 15 is 0 Å². The molecule has 1 aromatic carbocycles. The monoisotopic (exact) mass is 251 g/mol. The van der Waals surface area contributed by atoms with Gasteiger partial charge in [0, 0.05) is 17.3 Å². The molecule has 16 heavy (non-hydrogen) atoms. The summed E-state index contributed by atoms with van der Waals surface area (Å²) in [6.45, 7) is 2.10. The van der Waals surface area contributed by atoms with E-state index in [0.29, 0.717) is 0 Å². The second-order valence-electron chi connectivity index (χ2n) is 3.44. The number of aryl methyl sites for hydroxylation is 1. The van der Waals surface area contributed by atoms with Crippen LogP contribution in [0.2, 0.25) is 0 Å². The van der Waals surface area contributed by atoms with Gasteiger partial charge in [-0.1, -0.05) is 29.8 Å². The molecule has 0 amide bonds. The first-order valence-corrected chi connectivity index (χ1v) is 6.09. The highest BCUT2D eigenvalue weighted by molar-refractivity contribution is 7.98. The molecule has 1 heterocycles. The molecule has 0 fully saturated rings. The van der Waals surface area contributed by atoms with Gasteiger partial charge < -0.3 is 0 Å². The van der Waals surface area contributed by atoms with E-state index in [2.05, 4.69) is 48.5 Å². The quantitative estimate of drug-likeness (QED) is 0.742. The molecule has 1 aromatic heterocycles. The molecule has 0 saturated carbocycles. The summed E-state index contributed by atoms with van der Waals surface area (Å²) in [5, 5.41) is 0. The molecule has 0 aliphatic carbocycles. The molecule has 2 aromatic rings. The molecule has 0 bridgehead atoms. The third-order valence-corrected chi connectivity index (χ3v) is 3.13. The Morgan fingerprint density at radius 3 is 2.38 bits per heavy atom. The smallest absolute Gasteiger partial charge is 0.0410 e. The van der Waals surface area contributed by atoms with Crippen molar-refractivity contribution in [2.24, 2.45) is 0 Å². The number of hydrogen-bond acceptors (Lipinski definition) is 2. The number of nitrogens with zero attached hydrogens (tertiary/aromatic N) is 1. The first kappa shape index (κ1) is 13.1. The molecule has 2 rings (SSSR count). The van der Waals surface area contributed by atoms with Crippen LogP contribution in [-0.4, -0.2) is 11.2 Å². The lowest BCUT2D eigenvalue weighted by molar-refractivity contribution is 1.24. The molecule has 0 aliphatic rings. The van der Waals surface area contributed by atoms with E-state index in [-0.39, 0.29) is 12.4 Å². The fourth-order valence-corrected chi connectivity index (χ4v) is 2.09. The van der Waals surface area contributed by atoms with Crippen molar-refractivity contribution in [1.29, 1.82) is 0 Å². The molecule has 0 unspecified atom stereocenters. The fraction of sp³-hybridized carbons (Fsp3) is 0.154. The van der Waals surface area contributed by atoms with Gasteiger partial charge in [0.05, 0.1) is 0 Å². The third-order valence-electron chi connectivity index (χ3n) is 2.37. The highest BCUT2D eigenvalue weighted by atomic mass is 35.5. The van der Waals surface area contributed by atoms with Gasteiger partial charge in [-0.3, -0.25) is 4.98 Å². The van der Waals surface area contributed by atoms with Gasteiger partial charge >= 0.3 is 0 Å². The largest absolute Gasteiger partial charge is 0.264 e. The Morgan fingerprint density at radius 2 is 1.75 bits per heavy atom. The Bertz CT molecular complexity index is 454. The fourth-order valence-electron chi connectivity index (χ4n) is 1.51. The zero-order valence-electron chi connectivity index (χ0n) is 9.31. The third kappa shape index (κ3) is 2.77. The predicted molar refractivity (Wildman–Crippen MR) is 73.4 cm³/mol. The summed E-state index contributed by atoms with van der Waals surface area (Å²) in [7, 11) is 0. The first-order chi connectivity index (χ1) is 7.31. The Kier molecular flexibility index (Phi) is 4.84. The Balaban J connectivity index is 0.00000128. The minimum Gasteiger partial charge on any atom is -0.264 e. The Morgan fingerprint density at radius 1 is 1.06 bits per heavy atom. The number of thioether (sulfide) groups is 1. The number of pyridine rings is 1. The summed E-state index contributed by atoms with van der Waals surface area (Å²) in [4.78, 5) is 5.36. The Labute approximate surface area is 107 Å². The van der Waals surface area contributed by atoms with E-state index in [9.17, 15) is 0 Å². The van der Waals surface area contributed by atoms with Gasteiger partial charge in [-0.15, -0.1) is 24.2 Å². The first-order valence-electron chi connectivity index (χ1n) is 4.86. The predicted octanol–water partition coefficient (Wildman–Crippen LogP) is 4.20. The number of halogens is 1. The summed E-state index contributed by atoms with van der Waals surface area (Å²) >= 11 is 1.73. The maximum atomic E-state index is 4.14. The molecular weight excluding hydrogens is 238 g/mol. The van der Waals surface area contributed by atoms with E-state index in [1.165, 1.54) is 21.6 Å². The summed E-state index contributed by atoms with van der Waals surface area (Å²) in [5.41, 5.74) is 3.81. The normalized spacial score (nSPS) is 9.62. The van der Waals surface area contributed by atoms with Gasteiger partial charge in [0.25, 0.3) is 0 Å². The average molecular weight is 252 g/mol. The van der Waals surface area contributed by atoms with Crippen molar-refractivity contribution >= 4 is 24.2 Å². The molecule has 0 atom stereocenters. The second kappa shape index (κ2) is 5.92. The SMILES string of the molecule is CSc1cnccc1-c1ccc(C)cc1.Cl. The molecular formula is C13H14ClNS. The standard InChI is InChI=1S/C13H13NS.ClH/c1-10-3-5-11(6-4-10)12-7-8-14-9-13(12)15-2;/h3-9H,1-2H3;1H.